The molecule has 3 aliphatic rings. The van der Waals surface area contributed by atoms with Crippen LogP contribution in [0, 0.1) is 15.5 Å². The summed E-state index contributed by atoms with van der Waals surface area (Å²) in [5, 5.41) is 11.7. The standard InChI is InChI=1S/C35H26N2O6/c1-2-43-28-17-8-6-15-26(28)30-31(32(38)22-11-9-12-23(20-22)37(41)42)36-27-16-7-3-10-21(27)18-19-29(36)35(30)33(39)24-13-4-5-14-25(24)34(35)40/h3-20,29-31H,2H2,1H3. The Bertz CT molecular complexity index is 1840. The van der Waals surface area contributed by atoms with Gasteiger partial charge in [-0.2, -0.15) is 0 Å². The highest BCUT2D eigenvalue weighted by Gasteiger charge is 2.72. The van der Waals surface area contributed by atoms with Crippen LogP contribution in [0.5, 0.6) is 5.75 Å². The molecule has 1 saturated heterocycles. The van der Waals surface area contributed by atoms with Gasteiger partial charge < -0.3 is 9.64 Å². The van der Waals surface area contributed by atoms with Crippen molar-refractivity contribution in [1.29, 1.82) is 0 Å². The second kappa shape index (κ2) is 9.87. The maximum Gasteiger partial charge on any atom is 0.270 e. The average Bonchev–Trinajstić information content (AvgIpc) is 3.47. The topological polar surface area (TPSA) is 107 Å². The minimum atomic E-state index is -1.69. The maximum atomic E-state index is 14.8. The van der Waals surface area contributed by atoms with Gasteiger partial charge in [0.1, 0.15) is 17.2 Å². The quantitative estimate of drug-likeness (QED) is 0.116. The van der Waals surface area contributed by atoms with Gasteiger partial charge in [0.2, 0.25) is 0 Å². The number of carbonyl (C=O) groups is 3. The van der Waals surface area contributed by atoms with Gasteiger partial charge in [-0.3, -0.25) is 24.5 Å². The van der Waals surface area contributed by atoms with Crippen molar-refractivity contribution in [3.63, 3.8) is 0 Å². The number of benzene rings is 4. The zero-order chi connectivity index (χ0) is 29.9. The Morgan fingerprint density at radius 3 is 2.30 bits per heavy atom. The average molecular weight is 571 g/mol. The fraction of sp³-hybridized carbons (Fsp3) is 0.171. The highest BCUT2D eigenvalue weighted by molar-refractivity contribution is 6.32. The second-order valence-corrected chi connectivity index (χ2v) is 10.9. The predicted octanol–water partition coefficient (Wildman–Crippen LogP) is 6.31. The lowest BCUT2D eigenvalue weighted by Crippen LogP contribution is -2.48. The Hall–Kier alpha value is -5.37. The molecule has 1 fully saturated rings. The molecular weight excluding hydrogens is 544 g/mol. The number of para-hydroxylation sites is 2. The van der Waals surface area contributed by atoms with Gasteiger partial charge >= 0.3 is 0 Å². The number of nitrogens with zero attached hydrogens (tertiary/aromatic N) is 2. The molecule has 43 heavy (non-hydrogen) atoms. The summed E-state index contributed by atoms with van der Waals surface area (Å²) in [7, 11) is 0. The van der Waals surface area contributed by atoms with Crippen LogP contribution in [0.2, 0.25) is 0 Å². The molecule has 7 rings (SSSR count). The summed E-state index contributed by atoms with van der Waals surface area (Å²) in [6, 6.07) is 25.3. The Kier molecular flexibility index (Phi) is 6.09. The smallest absolute Gasteiger partial charge is 0.270 e. The summed E-state index contributed by atoms with van der Waals surface area (Å²) < 4.78 is 6.05. The number of nitro benzene ring substituents is 1. The highest BCUT2D eigenvalue weighted by atomic mass is 16.6. The molecule has 0 saturated carbocycles. The molecule has 0 bridgehead atoms. The van der Waals surface area contributed by atoms with Crippen molar-refractivity contribution in [3.05, 3.63) is 141 Å². The van der Waals surface area contributed by atoms with E-state index in [0.29, 0.717) is 34.7 Å². The molecule has 2 aliphatic heterocycles. The number of non-ortho nitro benzene ring substituents is 1. The van der Waals surface area contributed by atoms with E-state index in [9.17, 15) is 24.5 Å². The Labute approximate surface area is 247 Å². The molecule has 4 aromatic rings. The molecule has 4 aromatic carbocycles. The van der Waals surface area contributed by atoms with Crippen LogP contribution in [0.15, 0.2) is 103 Å². The van der Waals surface area contributed by atoms with E-state index in [-0.39, 0.29) is 22.8 Å². The number of hydrogen-bond donors (Lipinski definition) is 0. The van der Waals surface area contributed by atoms with Crippen LogP contribution >= 0.6 is 0 Å². The molecule has 0 radical (unpaired) electrons. The van der Waals surface area contributed by atoms with Crippen molar-refractivity contribution >= 4 is 34.8 Å². The molecule has 1 spiro atoms. The number of hydrogen-bond acceptors (Lipinski definition) is 7. The minimum Gasteiger partial charge on any atom is -0.494 e. The van der Waals surface area contributed by atoms with E-state index in [4.69, 9.17) is 4.74 Å². The van der Waals surface area contributed by atoms with Gasteiger partial charge in [0.05, 0.1) is 17.6 Å². The van der Waals surface area contributed by atoms with Gasteiger partial charge in [-0.1, -0.05) is 84.9 Å². The molecule has 0 N–H and O–H groups in total. The SMILES string of the molecule is CCOc1ccccc1C1C(C(=O)c2cccc([N+](=O)[O-])c2)N2c3ccccc3C=CC2C12C(=O)c1ccccc1C2=O. The fourth-order valence-corrected chi connectivity index (χ4v) is 7.23. The molecule has 8 heteroatoms. The molecule has 3 unspecified atom stereocenters. The lowest BCUT2D eigenvalue weighted by molar-refractivity contribution is -0.384. The first-order valence-corrected chi connectivity index (χ1v) is 14.1. The van der Waals surface area contributed by atoms with Crippen molar-refractivity contribution < 1.29 is 24.0 Å². The van der Waals surface area contributed by atoms with Crippen LogP contribution in [0.1, 0.15) is 55.0 Å². The summed E-state index contributed by atoms with van der Waals surface area (Å²) in [5.41, 5.74) is 0.942. The normalized spacial score (nSPS) is 21.0. The number of nitro groups is 1. The van der Waals surface area contributed by atoms with Crippen molar-refractivity contribution in [2.75, 3.05) is 11.5 Å². The van der Waals surface area contributed by atoms with Crippen LogP contribution in [0.4, 0.5) is 11.4 Å². The Balaban J connectivity index is 1.56. The number of ketones is 3. The van der Waals surface area contributed by atoms with E-state index in [2.05, 4.69) is 0 Å². The summed E-state index contributed by atoms with van der Waals surface area (Å²) >= 11 is 0. The molecule has 0 amide bonds. The number of fused-ring (bicyclic) bond motifs is 5. The number of rotatable bonds is 6. The van der Waals surface area contributed by atoms with Gasteiger partial charge in [-0.05, 0) is 24.6 Å². The molecule has 212 valence electrons. The van der Waals surface area contributed by atoms with Crippen molar-refractivity contribution in [2.24, 2.45) is 5.41 Å². The largest absolute Gasteiger partial charge is 0.494 e. The fourth-order valence-electron chi connectivity index (χ4n) is 7.23. The summed E-state index contributed by atoms with van der Waals surface area (Å²) in [6.45, 7) is 2.18. The third-order valence-corrected chi connectivity index (χ3v) is 8.88. The minimum absolute atomic E-state index is 0.122. The number of anilines is 1. The van der Waals surface area contributed by atoms with Gasteiger partial charge in [-0.15, -0.1) is 0 Å². The third kappa shape index (κ3) is 3.65. The second-order valence-electron chi connectivity index (χ2n) is 10.9. The van der Waals surface area contributed by atoms with Crippen molar-refractivity contribution in [2.45, 2.75) is 24.9 Å². The monoisotopic (exact) mass is 570 g/mol. The molecule has 3 atom stereocenters. The predicted molar refractivity (Wildman–Crippen MR) is 161 cm³/mol. The van der Waals surface area contributed by atoms with E-state index in [1.165, 1.54) is 18.2 Å². The number of ether oxygens (including phenoxy) is 1. The molecule has 0 aromatic heterocycles. The van der Waals surface area contributed by atoms with E-state index in [1.54, 1.807) is 42.5 Å². The van der Waals surface area contributed by atoms with Gasteiger partial charge in [0.15, 0.2) is 17.3 Å². The molecular formula is C35H26N2O6. The summed E-state index contributed by atoms with van der Waals surface area (Å²) in [5.74, 6) is -1.63. The van der Waals surface area contributed by atoms with Crippen LogP contribution < -0.4 is 9.64 Å². The first kappa shape index (κ1) is 26.5. The highest BCUT2D eigenvalue weighted by Crippen LogP contribution is 2.62. The summed E-state index contributed by atoms with van der Waals surface area (Å²) in [6.07, 6.45) is 3.74. The van der Waals surface area contributed by atoms with Gasteiger partial charge in [0, 0.05) is 46.0 Å². The lowest BCUT2D eigenvalue weighted by atomic mass is 9.64. The van der Waals surface area contributed by atoms with Crippen LogP contribution in [0.3, 0.4) is 0 Å². The maximum absolute atomic E-state index is 14.8. The van der Waals surface area contributed by atoms with Crippen LogP contribution in [0.25, 0.3) is 6.08 Å². The Morgan fingerprint density at radius 2 is 1.58 bits per heavy atom. The van der Waals surface area contributed by atoms with E-state index in [0.717, 1.165) is 5.56 Å². The van der Waals surface area contributed by atoms with E-state index in [1.807, 2.05) is 60.4 Å². The first-order chi connectivity index (χ1) is 20.9. The molecule has 8 nitrogen and oxygen atoms in total. The van der Waals surface area contributed by atoms with Crippen molar-refractivity contribution in [1.82, 2.24) is 0 Å². The van der Waals surface area contributed by atoms with Gasteiger partial charge in [0.25, 0.3) is 5.69 Å². The Morgan fingerprint density at radius 1 is 0.907 bits per heavy atom. The van der Waals surface area contributed by atoms with Gasteiger partial charge in [-0.25, -0.2) is 0 Å². The van der Waals surface area contributed by atoms with Crippen molar-refractivity contribution in [3.8, 4) is 5.75 Å². The van der Waals surface area contributed by atoms with E-state index < -0.39 is 34.1 Å². The first-order valence-electron chi connectivity index (χ1n) is 14.1. The van der Waals surface area contributed by atoms with Crippen LogP contribution in [-0.4, -0.2) is 41.0 Å². The summed E-state index contributed by atoms with van der Waals surface area (Å²) in [4.78, 5) is 57.4. The zero-order valence-corrected chi connectivity index (χ0v) is 23.2. The number of carbonyl (C=O) groups excluding carboxylic acids is 3. The molecule has 1 aliphatic carbocycles. The zero-order valence-electron chi connectivity index (χ0n) is 23.2. The van der Waals surface area contributed by atoms with Crippen LogP contribution in [-0.2, 0) is 0 Å². The molecule has 2 heterocycles. The van der Waals surface area contributed by atoms with E-state index >= 15 is 0 Å². The number of Topliss-reactive ketones (excluding diaryl/α,β-unsaturated/α-hetero) is 3. The third-order valence-electron chi connectivity index (χ3n) is 8.88. The lowest BCUT2D eigenvalue weighted by Gasteiger charge is -2.37.